The molecule has 2 aromatic rings. The second-order valence-corrected chi connectivity index (χ2v) is 5.25. The maximum absolute atomic E-state index is 12.3. The molecule has 0 spiro atoms. The lowest BCUT2D eigenvalue weighted by Crippen LogP contribution is -2.19. The van der Waals surface area contributed by atoms with Gasteiger partial charge in [0.1, 0.15) is 5.69 Å². The first kappa shape index (κ1) is 17.4. The first-order chi connectivity index (χ1) is 11.5. The van der Waals surface area contributed by atoms with E-state index in [0.29, 0.717) is 17.2 Å². The maximum Gasteiger partial charge on any atom is 0.337 e. The number of methoxy groups -OCH3 is 1. The number of rotatable bonds is 6. The quantitative estimate of drug-likeness (QED) is 0.792. The van der Waals surface area contributed by atoms with Gasteiger partial charge in [-0.05, 0) is 37.6 Å². The number of nitrogens with one attached hydrogen (secondary N) is 2. The van der Waals surface area contributed by atoms with Crippen LogP contribution in [0.2, 0.25) is 0 Å². The number of nitrogens with zero attached hydrogens (tertiary/aromatic N) is 2. The lowest BCUT2D eigenvalue weighted by atomic mass is 10.2. The first-order valence-electron chi connectivity index (χ1n) is 7.62. The smallest absolute Gasteiger partial charge is 0.337 e. The second kappa shape index (κ2) is 8.05. The molecule has 2 N–H and O–H groups in total. The first-order valence-corrected chi connectivity index (χ1v) is 7.62. The third kappa shape index (κ3) is 4.52. The van der Waals surface area contributed by atoms with Crippen molar-refractivity contribution >= 4 is 23.5 Å². The van der Waals surface area contributed by atoms with E-state index >= 15 is 0 Å². The number of carbonyl (C=O) groups is 2. The van der Waals surface area contributed by atoms with Crippen molar-refractivity contribution in [2.75, 3.05) is 17.7 Å². The van der Waals surface area contributed by atoms with Crippen LogP contribution in [0.5, 0.6) is 0 Å². The summed E-state index contributed by atoms with van der Waals surface area (Å²) in [7, 11) is 1.31. The average molecular weight is 328 g/mol. The molecule has 1 unspecified atom stereocenters. The van der Waals surface area contributed by atoms with Crippen LogP contribution in [0.1, 0.15) is 41.1 Å². The Morgan fingerprint density at radius 3 is 2.79 bits per heavy atom. The molecule has 1 amide bonds. The lowest BCUT2D eigenvalue weighted by Gasteiger charge is -2.11. The van der Waals surface area contributed by atoms with Crippen LogP contribution in [-0.2, 0) is 4.74 Å². The molecule has 0 bridgehead atoms. The van der Waals surface area contributed by atoms with Crippen molar-refractivity contribution in [1.29, 1.82) is 0 Å². The minimum Gasteiger partial charge on any atom is -0.465 e. The molecule has 126 valence electrons. The van der Waals surface area contributed by atoms with Gasteiger partial charge in [0, 0.05) is 17.9 Å². The molecule has 0 aliphatic carbocycles. The molecule has 0 fully saturated rings. The molecule has 0 aliphatic rings. The number of anilines is 2. The van der Waals surface area contributed by atoms with Crippen LogP contribution in [0.3, 0.4) is 0 Å². The van der Waals surface area contributed by atoms with Gasteiger partial charge in [-0.3, -0.25) is 4.79 Å². The van der Waals surface area contributed by atoms with Crippen molar-refractivity contribution in [2.45, 2.75) is 26.3 Å². The summed E-state index contributed by atoms with van der Waals surface area (Å²) in [6, 6.07) is 8.24. The van der Waals surface area contributed by atoms with E-state index in [1.807, 2.05) is 13.8 Å². The fraction of sp³-hybridized carbons (Fsp3) is 0.294. The van der Waals surface area contributed by atoms with Gasteiger partial charge in [-0.15, -0.1) is 0 Å². The summed E-state index contributed by atoms with van der Waals surface area (Å²) >= 11 is 0. The van der Waals surface area contributed by atoms with Crippen LogP contribution >= 0.6 is 0 Å². The third-order valence-corrected chi connectivity index (χ3v) is 3.42. The van der Waals surface area contributed by atoms with Crippen LogP contribution in [-0.4, -0.2) is 35.0 Å². The Hall–Kier alpha value is -2.96. The Balaban J connectivity index is 2.12. The Kier molecular flexibility index (Phi) is 5.83. The number of aromatic nitrogens is 2. The van der Waals surface area contributed by atoms with Crippen molar-refractivity contribution in [2.24, 2.45) is 0 Å². The van der Waals surface area contributed by atoms with E-state index in [-0.39, 0.29) is 17.6 Å². The van der Waals surface area contributed by atoms with Gasteiger partial charge in [-0.25, -0.2) is 14.8 Å². The predicted octanol–water partition coefficient (Wildman–Crippen LogP) is 2.73. The highest BCUT2D eigenvalue weighted by atomic mass is 16.5. The van der Waals surface area contributed by atoms with Gasteiger partial charge >= 0.3 is 5.97 Å². The molecule has 0 radical (unpaired) electrons. The standard InChI is InChI=1S/C17H20N4O3/c1-4-11(2)19-17-18-9-8-14(21-17)15(22)20-13-7-5-6-12(10-13)16(23)24-3/h5-11H,4H2,1-3H3,(H,20,22)(H,18,19,21). The van der Waals surface area contributed by atoms with Gasteiger partial charge in [-0.2, -0.15) is 0 Å². The van der Waals surface area contributed by atoms with E-state index in [9.17, 15) is 9.59 Å². The van der Waals surface area contributed by atoms with E-state index in [2.05, 4.69) is 25.3 Å². The van der Waals surface area contributed by atoms with Crippen LogP contribution in [0, 0.1) is 0 Å². The van der Waals surface area contributed by atoms with E-state index in [4.69, 9.17) is 0 Å². The lowest BCUT2D eigenvalue weighted by molar-refractivity contribution is 0.0600. The van der Waals surface area contributed by atoms with E-state index < -0.39 is 5.97 Å². The van der Waals surface area contributed by atoms with Crippen LogP contribution in [0.15, 0.2) is 36.5 Å². The topological polar surface area (TPSA) is 93.2 Å². The van der Waals surface area contributed by atoms with E-state index in [1.165, 1.54) is 19.4 Å². The van der Waals surface area contributed by atoms with Crippen LogP contribution < -0.4 is 10.6 Å². The summed E-state index contributed by atoms with van der Waals surface area (Å²) in [4.78, 5) is 32.2. The SMILES string of the molecule is CCC(C)Nc1nccc(C(=O)Nc2cccc(C(=O)OC)c2)n1. The molecule has 1 aromatic carbocycles. The minimum absolute atomic E-state index is 0.208. The highest BCUT2D eigenvalue weighted by Crippen LogP contribution is 2.13. The van der Waals surface area contributed by atoms with Crippen molar-refractivity contribution in [1.82, 2.24) is 9.97 Å². The van der Waals surface area contributed by atoms with Gasteiger partial charge in [0.25, 0.3) is 5.91 Å². The minimum atomic E-state index is -0.465. The average Bonchev–Trinajstić information content (AvgIpc) is 2.61. The maximum atomic E-state index is 12.3. The van der Waals surface area contributed by atoms with Gasteiger partial charge in [0.15, 0.2) is 0 Å². The number of hydrogen-bond donors (Lipinski definition) is 2. The summed E-state index contributed by atoms with van der Waals surface area (Å²) in [5.41, 5.74) is 1.08. The second-order valence-electron chi connectivity index (χ2n) is 5.25. The van der Waals surface area contributed by atoms with Gasteiger partial charge < -0.3 is 15.4 Å². The molecule has 24 heavy (non-hydrogen) atoms. The molecule has 7 nitrogen and oxygen atoms in total. The summed E-state index contributed by atoms with van der Waals surface area (Å²) in [5.74, 6) is -0.444. The molecule has 1 aromatic heterocycles. The fourth-order valence-corrected chi connectivity index (χ4v) is 1.91. The zero-order valence-corrected chi connectivity index (χ0v) is 13.9. The molecule has 0 aliphatic heterocycles. The molecule has 1 heterocycles. The summed E-state index contributed by atoms with van der Waals surface area (Å²) in [5, 5.41) is 5.83. The number of benzene rings is 1. The normalized spacial score (nSPS) is 11.5. The van der Waals surface area contributed by atoms with Gasteiger partial charge in [0.2, 0.25) is 5.95 Å². The molecule has 0 saturated heterocycles. The zero-order valence-electron chi connectivity index (χ0n) is 13.9. The molecule has 7 heteroatoms. The highest BCUT2D eigenvalue weighted by Gasteiger charge is 2.12. The van der Waals surface area contributed by atoms with Crippen molar-refractivity contribution in [3.05, 3.63) is 47.8 Å². The van der Waals surface area contributed by atoms with Crippen LogP contribution in [0.4, 0.5) is 11.6 Å². The molecular weight excluding hydrogens is 308 g/mol. The van der Waals surface area contributed by atoms with Crippen molar-refractivity contribution < 1.29 is 14.3 Å². The van der Waals surface area contributed by atoms with E-state index in [1.54, 1.807) is 24.3 Å². The number of hydrogen-bond acceptors (Lipinski definition) is 6. The Bertz CT molecular complexity index is 733. The summed E-state index contributed by atoms with van der Waals surface area (Å²) in [6.45, 7) is 4.05. The number of ether oxygens (including phenoxy) is 1. The monoisotopic (exact) mass is 328 g/mol. The Morgan fingerprint density at radius 2 is 2.08 bits per heavy atom. The summed E-state index contributed by atoms with van der Waals surface area (Å²) in [6.07, 6.45) is 2.44. The highest BCUT2D eigenvalue weighted by molar-refractivity contribution is 6.03. The Labute approximate surface area is 140 Å². The van der Waals surface area contributed by atoms with Crippen molar-refractivity contribution in [3.8, 4) is 0 Å². The largest absolute Gasteiger partial charge is 0.465 e. The molecule has 0 saturated carbocycles. The fourth-order valence-electron chi connectivity index (χ4n) is 1.91. The Morgan fingerprint density at radius 1 is 1.29 bits per heavy atom. The predicted molar refractivity (Wildman–Crippen MR) is 91.1 cm³/mol. The van der Waals surface area contributed by atoms with Crippen LogP contribution in [0.25, 0.3) is 0 Å². The van der Waals surface area contributed by atoms with Gasteiger partial charge in [0.05, 0.1) is 12.7 Å². The zero-order chi connectivity index (χ0) is 17.5. The van der Waals surface area contributed by atoms with Gasteiger partial charge in [-0.1, -0.05) is 13.0 Å². The number of carbonyl (C=O) groups excluding carboxylic acids is 2. The summed E-state index contributed by atoms with van der Waals surface area (Å²) < 4.78 is 4.66. The van der Waals surface area contributed by atoms with E-state index in [0.717, 1.165) is 6.42 Å². The third-order valence-electron chi connectivity index (χ3n) is 3.42. The van der Waals surface area contributed by atoms with Crippen molar-refractivity contribution in [3.63, 3.8) is 0 Å². The molecule has 1 atom stereocenters. The number of esters is 1. The molecule has 2 rings (SSSR count). The molecular formula is C17H20N4O3. The number of amides is 1.